The standard InChI is InChI=1S/C13H17NO5S/c1-7-8(2)20(17,18)10-6-9(15)14(10)11(7)12(16)19-13(3,4)5/h10H,2,6H2,1,3-5H3/t10-/m1/s1. The van der Waals surface area contributed by atoms with Gasteiger partial charge in [0.25, 0.3) is 0 Å². The van der Waals surface area contributed by atoms with E-state index in [0.29, 0.717) is 0 Å². The first kappa shape index (κ1) is 14.8. The lowest BCUT2D eigenvalue weighted by atomic mass is 10.1. The van der Waals surface area contributed by atoms with Crippen molar-refractivity contribution in [3.8, 4) is 0 Å². The number of hydrogen-bond acceptors (Lipinski definition) is 5. The Balaban J connectivity index is 2.50. The van der Waals surface area contributed by atoms with Gasteiger partial charge in [-0.15, -0.1) is 0 Å². The highest BCUT2D eigenvalue weighted by atomic mass is 32.2. The van der Waals surface area contributed by atoms with Crippen molar-refractivity contribution in [3.63, 3.8) is 0 Å². The summed E-state index contributed by atoms with van der Waals surface area (Å²) in [6.07, 6.45) is -0.124. The summed E-state index contributed by atoms with van der Waals surface area (Å²) in [5, 5.41) is -1.02. The predicted molar refractivity (Wildman–Crippen MR) is 71.9 cm³/mol. The minimum atomic E-state index is -3.65. The minimum Gasteiger partial charge on any atom is -0.455 e. The molecule has 0 radical (unpaired) electrons. The number of ether oxygens (including phenoxy) is 1. The number of allylic oxidation sites excluding steroid dienone is 1. The topological polar surface area (TPSA) is 80.8 Å². The van der Waals surface area contributed by atoms with E-state index >= 15 is 0 Å². The molecular weight excluding hydrogens is 282 g/mol. The minimum absolute atomic E-state index is 0.0130. The number of hydrogen-bond donors (Lipinski definition) is 0. The number of β-lactam (4-membered cyclic amide) rings is 1. The van der Waals surface area contributed by atoms with Crippen molar-refractivity contribution in [2.75, 3.05) is 0 Å². The Morgan fingerprint density at radius 3 is 2.40 bits per heavy atom. The fourth-order valence-corrected chi connectivity index (χ4v) is 3.89. The van der Waals surface area contributed by atoms with Gasteiger partial charge in [-0.1, -0.05) is 6.58 Å². The fourth-order valence-electron chi connectivity index (χ4n) is 2.17. The molecule has 0 spiro atoms. The molecule has 0 aromatic heterocycles. The van der Waals surface area contributed by atoms with Gasteiger partial charge in [-0.25, -0.2) is 13.2 Å². The van der Waals surface area contributed by atoms with E-state index in [-0.39, 0.29) is 22.6 Å². The Bertz CT molecular complexity index is 651. The number of nitrogens with zero attached hydrogens (tertiary/aromatic N) is 1. The van der Waals surface area contributed by atoms with E-state index < -0.39 is 32.7 Å². The SMILES string of the molecule is C=C1C(C)=C(C(=O)OC(C)(C)C)N2C(=O)C[C@H]2S1(=O)=O. The van der Waals surface area contributed by atoms with Crippen molar-refractivity contribution >= 4 is 21.7 Å². The lowest BCUT2D eigenvalue weighted by Crippen LogP contribution is -2.59. The molecule has 0 bridgehead atoms. The summed E-state index contributed by atoms with van der Waals surface area (Å²) >= 11 is 0. The Kier molecular flexibility index (Phi) is 3.09. The van der Waals surface area contributed by atoms with Crippen LogP contribution in [-0.2, 0) is 24.2 Å². The lowest BCUT2D eigenvalue weighted by molar-refractivity contribution is -0.157. The van der Waals surface area contributed by atoms with Gasteiger partial charge in [0.05, 0.1) is 11.3 Å². The molecule has 7 heteroatoms. The summed E-state index contributed by atoms with van der Waals surface area (Å²) in [6.45, 7) is 10.1. The first-order valence-corrected chi connectivity index (χ1v) is 7.71. The van der Waals surface area contributed by atoms with Gasteiger partial charge in [0.1, 0.15) is 11.3 Å². The molecule has 2 heterocycles. The number of esters is 1. The Morgan fingerprint density at radius 1 is 1.40 bits per heavy atom. The lowest BCUT2D eigenvalue weighted by Gasteiger charge is -2.44. The van der Waals surface area contributed by atoms with Gasteiger partial charge in [-0.2, -0.15) is 0 Å². The predicted octanol–water partition coefficient (Wildman–Crippen LogP) is 1.10. The maximum atomic E-state index is 12.2. The molecule has 2 rings (SSSR count). The molecule has 0 aromatic rings. The molecular formula is C13H17NO5S. The van der Waals surface area contributed by atoms with Gasteiger partial charge in [0.15, 0.2) is 15.2 Å². The summed E-state index contributed by atoms with van der Waals surface area (Å²) in [4.78, 5) is 24.8. The number of fused-ring (bicyclic) bond motifs is 1. The summed E-state index contributed by atoms with van der Waals surface area (Å²) in [7, 11) is -3.65. The summed E-state index contributed by atoms with van der Waals surface area (Å²) < 4.78 is 29.4. The average molecular weight is 299 g/mol. The molecule has 1 atom stereocenters. The van der Waals surface area contributed by atoms with E-state index in [1.165, 1.54) is 6.92 Å². The molecule has 1 saturated heterocycles. The summed E-state index contributed by atoms with van der Waals surface area (Å²) in [5.74, 6) is -1.10. The Morgan fingerprint density at radius 2 is 1.95 bits per heavy atom. The third kappa shape index (κ3) is 2.06. The first-order valence-electron chi connectivity index (χ1n) is 6.16. The van der Waals surface area contributed by atoms with Gasteiger partial charge in [-0.3, -0.25) is 9.69 Å². The van der Waals surface area contributed by atoms with Crippen molar-refractivity contribution in [1.29, 1.82) is 0 Å². The molecule has 110 valence electrons. The second kappa shape index (κ2) is 4.18. The van der Waals surface area contributed by atoms with Gasteiger partial charge < -0.3 is 4.74 Å². The molecule has 0 aliphatic carbocycles. The second-order valence-corrected chi connectivity index (χ2v) is 7.99. The zero-order valence-electron chi connectivity index (χ0n) is 11.9. The van der Waals surface area contributed by atoms with Crippen molar-refractivity contribution in [1.82, 2.24) is 4.90 Å². The highest BCUT2D eigenvalue weighted by Crippen LogP contribution is 2.41. The van der Waals surface area contributed by atoms with Gasteiger partial charge in [0.2, 0.25) is 5.91 Å². The van der Waals surface area contributed by atoms with Crippen LogP contribution in [0.25, 0.3) is 0 Å². The molecule has 1 amide bonds. The largest absolute Gasteiger partial charge is 0.455 e. The monoisotopic (exact) mass is 299 g/mol. The number of sulfone groups is 1. The zero-order chi connectivity index (χ0) is 15.5. The quantitative estimate of drug-likeness (QED) is 0.535. The van der Waals surface area contributed by atoms with Crippen LogP contribution in [0.5, 0.6) is 0 Å². The van der Waals surface area contributed by atoms with Crippen molar-refractivity contribution < 1.29 is 22.7 Å². The van der Waals surface area contributed by atoms with Crippen molar-refractivity contribution in [2.24, 2.45) is 0 Å². The molecule has 0 N–H and O–H groups in total. The van der Waals surface area contributed by atoms with Crippen LogP contribution < -0.4 is 0 Å². The number of carbonyl (C=O) groups is 2. The molecule has 20 heavy (non-hydrogen) atoms. The molecule has 1 fully saturated rings. The molecule has 0 aromatic carbocycles. The van der Waals surface area contributed by atoms with Crippen molar-refractivity contribution in [3.05, 3.63) is 22.8 Å². The Labute approximate surface area is 118 Å². The maximum Gasteiger partial charge on any atom is 0.355 e. The molecule has 6 nitrogen and oxygen atoms in total. The van der Waals surface area contributed by atoms with Crippen LogP contribution in [-0.4, -0.2) is 36.2 Å². The number of amides is 1. The van der Waals surface area contributed by atoms with E-state index in [4.69, 9.17) is 4.74 Å². The van der Waals surface area contributed by atoms with E-state index in [1.54, 1.807) is 20.8 Å². The van der Waals surface area contributed by atoms with Crippen LogP contribution in [0.3, 0.4) is 0 Å². The maximum absolute atomic E-state index is 12.2. The molecule has 2 aliphatic heterocycles. The molecule has 0 unspecified atom stereocenters. The summed E-state index contributed by atoms with van der Waals surface area (Å²) in [5.41, 5.74) is -0.574. The van der Waals surface area contributed by atoms with E-state index in [1.807, 2.05) is 0 Å². The average Bonchev–Trinajstić information content (AvgIpc) is 2.26. The highest BCUT2D eigenvalue weighted by molar-refractivity contribution is 7.96. The van der Waals surface area contributed by atoms with E-state index in [0.717, 1.165) is 4.90 Å². The third-order valence-electron chi connectivity index (χ3n) is 3.21. The van der Waals surface area contributed by atoms with Crippen LogP contribution in [0.2, 0.25) is 0 Å². The van der Waals surface area contributed by atoms with Crippen LogP contribution >= 0.6 is 0 Å². The smallest absolute Gasteiger partial charge is 0.355 e. The third-order valence-corrected chi connectivity index (χ3v) is 5.30. The van der Waals surface area contributed by atoms with E-state index in [2.05, 4.69) is 6.58 Å². The Hall–Kier alpha value is -1.63. The molecule has 2 aliphatic rings. The van der Waals surface area contributed by atoms with Gasteiger partial charge in [0, 0.05) is 0 Å². The van der Waals surface area contributed by atoms with Crippen LogP contribution in [0.1, 0.15) is 34.1 Å². The number of rotatable bonds is 1. The van der Waals surface area contributed by atoms with Crippen molar-refractivity contribution in [2.45, 2.75) is 45.1 Å². The van der Waals surface area contributed by atoms with Crippen LogP contribution in [0, 0.1) is 0 Å². The van der Waals surface area contributed by atoms with Crippen LogP contribution in [0.4, 0.5) is 0 Å². The zero-order valence-corrected chi connectivity index (χ0v) is 12.7. The second-order valence-electron chi connectivity index (χ2n) is 5.87. The van der Waals surface area contributed by atoms with Gasteiger partial charge in [-0.05, 0) is 33.3 Å². The fraction of sp³-hybridized carbons (Fsp3) is 0.538. The normalized spacial score (nSPS) is 25.2. The highest BCUT2D eigenvalue weighted by Gasteiger charge is 2.54. The number of carbonyl (C=O) groups excluding carboxylic acids is 2. The van der Waals surface area contributed by atoms with Gasteiger partial charge >= 0.3 is 5.97 Å². The first-order chi connectivity index (χ1) is 8.97. The summed E-state index contributed by atoms with van der Waals surface area (Å²) in [6, 6.07) is 0. The van der Waals surface area contributed by atoms with E-state index in [9.17, 15) is 18.0 Å². The van der Waals surface area contributed by atoms with Crippen LogP contribution in [0.15, 0.2) is 22.8 Å². The molecule has 0 saturated carbocycles.